The molecule has 39 heavy (non-hydrogen) atoms. The van der Waals surface area contributed by atoms with E-state index in [1.54, 1.807) is 39.7 Å². The summed E-state index contributed by atoms with van der Waals surface area (Å²) in [5, 5.41) is 22.6. The van der Waals surface area contributed by atoms with E-state index in [0.29, 0.717) is 56.8 Å². The number of H-pyrrole nitrogens is 1. The Morgan fingerprint density at radius 1 is 1.10 bits per heavy atom. The molecule has 5 aromatic heterocycles. The van der Waals surface area contributed by atoms with Gasteiger partial charge in [-0.05, 0) is 43.7 Å². The van der Waals surface area contributed by atoms with Gasteiger partial charge in [-0.2, -0.15) is 15.5 Å². The number of rotatable bonds is 4. The first-order valence-electron chi connectivity index (χ1n) is 12.2. The van der Waals surface area contributed by atoms with Gasteiger partial charge in [0.1, 0.15) is 40.7 Å². The van der Waals surface area contributed by atoms with Gasteiger partial charge in [-0.1, -0.05) is 29.8 Å². The Morgan fingerprint density at radius 3 is 2.67 bits per heavy atom. The molecule has 0 radical (unpaired) electrons. The van der Waals surface area contributed by atoms with Crippen LogP contribution < -0.4 is 10.5 Å². The largest absolute Gasteiger partial charge is 0.343 e. The number of fused-ring (bicyclic) bond motifs is 2. The van der Waals surface area contributed by atoms with Gasteiger partial charge in [0.2, 0.25) is 0 Å². The summed E-state index contributed by atoms with van der Waals surface area (Å²) in [7, 11) is 0. The molecule has 0 aliphatic carbocycles. The van der Waals surface area contributed by atoms with Crippen molar-refractivity contribution in [2.24, 2.45) is 0 Å². The molecule has 1 fully saturated rings. The second-order valence-electron chi connectivity index (χ2n) is 9.47. The molecule has 0 bridgehead atoms. The predicted octanol–water partition coefficient (Wildman–Crippen LogP) is 3.86. The van der Waals surface area contributed by atoms with Crippen LogP contribution in [0.5, 0.6) is 0 Å². The van der Waals surface area contributed by atoms with Crippen molar-refractivity contribution in [3.63, 3.8) is 0 Å². The summed E-state index contributed by atoms with van der Waals surface area (Å²) in [6.45, 7) is 2.72. The molecule has 11 nitrogen and oxygen atoms in total. The molecule has 1 aliphatic heterocycles. The van der Waals surface area contributed by atoms with E-state index in [-0.39, 0.29) is 5.56 Å². The highest BCUT2D eigenvalue weighted by Gasteiger charge is 2.48. The lowest BCUT2D eigenvalue weighted by Gasteiger charge is -2.51. The standard InChI is InChI=1S/C27H19ClN10O/c1-27(26-35-37-11-9-19(28)22(37)25(39)38(26)18-5-3-2-4-6-18)10-12-36(27)24-20-21(33-34-23(20)31-15-32-24)16-7-8-17(13-29)30-14-16/h2-9,11,14-15H,10,12H2,1H3,(H,31,32,33,34)/t27-/m0/s1. The molecule has 0 spiro atoms. The molecule has 0 amide bonds. The van der Waals surface area contributed by atoms with E-state index in [4.69, 9.17) is 22.0 Å². The number of halogens is 1. The third-order valence-corrected chi connectivity index (χ3v) is 7.60. The molecule has 0 saturated carbocycles. The van der Waals surface area contributed by atoms with Crippen LogP contribution in [0, 0.1) is 11.3 Å². The fourth-order valence-corrected chi connectivity index (χ4v) is 5.41. The fourth-order valence-electron chi connectivity index (χ4n) is 5.19. The molecule has 12 heteroatoms. The van der Waals surface area contributed by atoms with Crippen molar-refractivity contribution >= 4 is 34.0 Å². The number of anilines is 1. The third-order valence-electron chi connectivity index (χ3n) is 7.30. The van der Waals surface area contributed by atoms with E-state index in [2.05, 4.69) is 30.0 Å². The molecule has 6 aromatic rings. The van der Waals surface area contributed by atoms with Crippen molar-refractivity contribution in [2.45, 2.75) is 18.9 Å². The van der Waals surface area contributed by atoms with Crippen molar-refractivity contribution < 1.29 is 0 Å². The number of hydrogen-bond acceptors (Lipinski definition) is 8. The zero-order valence-corrected chi connectivity index (χ0v) is 21.3. The molecule has 1 aromatic carbocycles. The van der Waals surface area contributed by atoms with Crippen LogP contribution in [0.4, 0.5) is 5.82 Å². The Bertz CT molecular complexity index is 1990. The molecule has 1 N–H and O–H groups in total. The molecule has 1 aliphatic rings. The number of nitriles is 1. The van der Waals surface area contributed by atoms with Crippen molar-refractivity contribution in [1.29, 1.82) is 5.26 Å². The van der Waals surface area contributed by atoms with Crippen LogP contribution in [0.3, 0.4) is 0 Å². The van der Waals surface area contributed by atoms with Gasteiger partial charge >= 0.3 is 0 Å². The lowest BCUT2D eigenvalue weighted by atomic mass is 9.85. The SMILES string of the molecule is C[C@@]1(c2nn3ccc(Cl)c3c(=O)n2-c2ccccc2)CCN1c1ncnc2[nH]nc(-c3ccc(C#N)nc3)c12. The monoisotopic (exact) mass is 534 g/mol. The Balaban J connectivity index is 1.44. The van der Waals surface area contributed by atoms with Crippen LogP contribution >= 0.6 is 11.6 Å². The van der Waals surface area contributed by atoms with E-state index in [1.807, 2.05) is 43.3 Å². The fraction of sp³-hybridized carbons (Fsp3) is 0.148. The summed E-state index contributed by atoms with van der Waals surface area (Å²) in [6.07, 6.45) is 5.52. The van der Waals surface area contributed by atoms with E-state index in [0.717, 1.165) is 12.0 Å². The second-order valence-corrected chi connectivity index (χ2v) is 9.88. The highest BCUT2D eigenvalue weighted by molar-refractivity contribution is 6.33. The maximum atomic E-state index is 13.9. The topological polar surface area (TPSA) is 134 Å². The summed E-state index contributed by atoms with van der Waals surface area (Å²) < 4.78 is 3.18. The normalized spacial score (nSPS) is 16.9. The van der Waals surface area contributed by atoms with Gasteiger partial charge in [0.15, 0.2) is 11.5 Å². The minimum absolute atomic E-state index is 0.255. The average Bonchev–Trinajstić information content (AvgIpc) is 3.57. The lowest BCUT2D eigenvalue weighted by Crippen LogP contribution is -2.58. The first kappa shape index (κ1) is 23.1. The molecule has 0 unspecified atom stereocenters. The smallest absolute Gasteiger partial charge is 0.284 e. The van der Waals surface area contributed by atoms with Crippen LogP contribution in [-0.2, 0) is 5.54 Å². The molecule has 1 saturated heterocycles. The Labute approximate surface area is 226 Å². The molecule has 7 rings (SSSR count). The van der Waals surface area contributed by atoms with Crippen molar-refractivity contribution in [1.82, 2.24) is 39.3 Å². The number of benzene rings is 1. The second kappa shape index (κ2) is 8.47. The van der Waals surface area contributed by atoms with Gasteiger partial charge in [0.05, 0.1) is 16.1 Å². The summed E-state index contributed by atoms with van der Waals surface area (Å²) in [4.78, 5) is 29.2. The maximum absolute atomic E-state index is 13.9. The minimum Gasteiger partial charge on any atom is -0.343 e. The van der Waals surface area contributed by atoms with E-state index < -0.39 is 5.54 Å². The van der Waals surface area contributed by atoms with Crippen LogP contribution in [0.25, 0.3) is 33.5 Å². The first-order chi connectivity index (χ1) is 19.0. The van der Waals surface area contributed by atoms with Crippen LogP contribution in [0.2, 0.25) is 5.02 Å². The zero-order valence-electron chi connectivity index (χ0n) is 20.6. The van der Waals surface area contributed by atoms with Gasteiger partial charge in [-0.15, -0.1) is 0 Å². The number of aromatic amines is 1. The summed E-state index contributed by atoms with van der Waals surface area (Å²) >= 11 is 6.39. The predicted molar refractivity (Wildman–Crippen MR) is 145 cm³/mol. The molecular weight excluding hydrogens is 516 g/mol. The van der Waals surface area contributed by atoms with Gasteiger partial charge in [-0.25, -0.2) is 19.5 Å². The number of nitrogens with one attached hydrogen (secondary N) is 1. The van der Waals surface area contributed by atoms with Crippen molar-refractivity contribution in [2.75, 3.05) is 11.4 Å². The van der Waals surface area contributed by atoms with Crippen LogP contribution in [0.1, 0.15) is 24.9 Å². The Morgan fingerprint density at radius 2 is 1.95 bits per heavy atom. The summed E-state index contributed by atoms with van der Waals surface area (Å²) in [5.41, 5.74) is 2.28. The lowest BCUT2D eigenvalue weighted by molar-refractivity contribution is 0.279. The number of pyridine rings is 1. The quantitative estimate of drug-likeness (QED) is 0.360. The molecule has 1 atom stereocenters. The summed E-state index contributed by atoms with van der Waals surface area (Å²) in [5.74, 6) is 1.21. The van der Waals surface area contributed by atoms with Gasteiger partial charge in [-0.3, -0.25) is 14.5 Å². The maximum Gasteiger partial charge on any atom is 0.284 e. The minimum atomic E-state index is -0.696. The van der Waals surface area contributed by atoms with Crippen LogP contribution in [0.15, 0.2) is 72.0 Å². The Kier molecular flexibility index (Phi) is 5.01. The highest BCUT2D eigenvalue weighted by Crippen LogP contribution is 2.45. The van der Waals surface area contributed by atoms with Gasteiger partial charge < -0.3 is 4.90 Å². The molecule has 190 valence electrons. The van der Waals surface area contributed by atoms with Gasteiger partial charge in [0, 0.05) is 24.5 Å². The van der Waals surface area contributed by atoms with E-state index >= 15 is 0 Å². The van der Waals surface area contributed by atoms with E-state index in [1.165, 1.54) is 6.33 Å². The molecule has 6 heterocycles. The van der Waals surface area contributed by atoms with Crippen molar-refractivity contribution in [3.05, 3.63) is 94.1 Å². The third kappa shape index (κ3) is 3.35. The number of nitrogens with zero attached hydrogens (tertiary/aromatic N) is 9. The summed E-state index contributed by atoms with van der Waals surface area (Å²) in [6, 6.07) is 16.6. The average molecular weight is 535 g/mol. The first-order valence-corrected chi connectivity index (χ1v) is 12.6. The number of hydrogen-bond donors (Lipinski definition) is 1. The molecular formula is C27H19ClN10O. The zero-order chi connectivity index (χ0) is 26.7. The number of aromatic nitrogens is 8. The highest BCUT2D eigenvalue weighted by atomic mass is 35.5. The van der Waals surface area contributed by atoms with E-state index in [9.17, 15) is 4.79 Å². The van der Waals surface area contributed by atoms with Crippen LogP contribution in [-0.4, -0.2) is 45.9 Å². The van der Waals surface area contributed by atoms with Gasteiger partial charge in [0.25, 0.3) is 5.56 Å². The Hall–Kier alpha value is -5.08. The van der Waals surface area contributed by atoms with Crippen molar-refractivity contribution in [3.8, 4) is 23.0 Å². The number of para-hydroxylation sites is 1.